The Morgan fingerprint density at radius 3 is 2.64 bits per heavy atom. The highest BCUT2D eigenvalue weighted by Crippen LogP contribution is 2.30. The van der Waals surface area contributed by atoms with Crippen molar-refractivity contribution in [2.24, 2.45) is 0 Å². The molecule has 5 nitrogen and oxygen atoms in total. The van der Waals surface area contributed by atoms with Crippen molar-refractivity contribution in [2.45, 2.75) is 32.0 Å². The topological polar surface area (TPSA) is 66.5 Å². The van der Waals surface area contributed by atoms with Gasteiger partial charge in [-0.3, -0.25) is 9.69 Å². The molecule has 1 atom stereocenters. The molecule has 1 unspecified atom stereocenters. The fourth-order valence-electron chi connectivity index (χ4n) is 2.90. The fourth-order valence-corrected chi connectivity index (χ4v) is 4.67. The lowest BCUT2D eigenvalue weighted by Gasteiger charge is -2.26. The van der Waals surface area contributed by atoms with Crippen molar-refractivity contribution >= 4 is 21.4 Å². The molecule has 1 aliphatic heterocycles. The number of carbonyl (C=O) groups excluding carboxylic acids is 1. The Morgan fingerprint density at radius 2 is 2.08 bits per heavy atom. The van der Waals surface area contributed by atoms with Crippen LogP contribution in [-0.4, -0.2) is 49.9 Å². The van der Waals surface area contributed by atoms with E-state index in [2.05, 4.69) is 5.32 Å². The van der Waals surface area contributed by atoms with Crippen molar-refractivity contribution in [1.82, 2.24) is 4.90 Å². The van der Waals surface area contributed by atoms with Crippen LogP contribution in [0.2, 0.25) is 0 Å². The van der Waals surface area contributed by atoms with Crippen molar-refractivity contribution < 1.29 is 26.4 Å². The van der Waals surface area contributed by atoms with Crippen LogP contribution in [0.5, 0.6) is 0 Å². The minimum Gasteiger partial charge on any atom is -0.326 e. The van der Waals surface area contributed by atoms with Gasteiger partial charge in [0.2, 0.25) is 5.91 Å². The van der Waals surface area contributed by atoms with Gasteiger partial charge in [-0.25, -0.2) is 8.42 Å². The number of benzene rings is 1. The highest BCUT2D eigenvalue weighted by Gasteiger charge is 2.32. The molecule has 25 heavy (non-hydrogen) atoms. The minimum absolute atomic E-state index is 0.0840. The highest BCUT2D eigenvalue weighted by molar-refractivity contribution is 7.91. The van der Waals surface area contributed by atoms with Gasteiger partial charge in [-0.05, 0) is 31.2 Å². The van der Waals surface area contributed by atoms with Gasteiger partial charge < -0.3 is 5.32 Å². The van der Waals surface area contributed by atoms with Crippen LogP contribution in [0.1, 0.15) is 25.3 Å². The van der Waals surface area contributed by atoms with Crippen LogP contribution in [0, 0.1) is 0 Å². The maximum atomic E-state index is 12.7. The molecule has 1 N–H and O–H groups in total. The normalized spacial score (nSPS) is 20.0. The van der Waals surface area contributed by atoms with Crippen molar-refractivity contribution in [3.8, 4) is 0 Å². The Labute approximate surface area is 145 Å². The molecule has 0 saturated carbocycles. The van der Waals surface area contributed by atoms with E-state index in [9.17, 15) is 26.4 Å². The van der Waals surface area contributed by atoms with E-state index in [4.69, 9.17) is 0 Å². The van der Waals surface area contributed by atoms with Gasteiger partial charge in [0.15, 0.2) is 9.84 Å². The van der Waals surface area contributed by atoms with Gasteiger partial charge in [-0.15, -0.1) is 0 Å². The number of anilines is 1. The van der Waals surface area contributed by atoms with Crippen LogP contribution in [0.15, 0.2) is 24.3 Å². The summed E-state index contributed by atoms with van der Waals surface area (Å²) in [5.41, 5.74) is -0.733. The summed E-state index contributed by atoms with van der Waals surface area (Å²) in [6.07, 6.45) is -3.83. The first kappa shape index (κ1) is 19.7. The number of alkyl halides is 3. The highest BCUT2D eigenvalue weighted by atomic mass is 32.2. The standard InChI is InChI=1S/C16H21F3N2O3S/c1-2-21(14-7-9-25(23,24)11-14)8-6-15(22)20-13-5-3-4-12(10-13)16(17,18)19/h3-5,10,14H,2,6-9,11H2,1H3,(H,20,22). The van der Waals surface area contributed by atoms with E-state index in [0.717, 1.165) is 12.1 Å². The molecule has 1 aliphatic rings. The van der Waals surface area contributed by atoms with Gasteiger partial charge in [0.25, 0.3) is 0 Å². The summed E-state index contributed by atoms with van der Waals surface area (Å²) in [6, 6.07) is 4.36. The zero-order valence-electron chi connectivity index (χ0n) is 13.8. The summed E-state index contributed by atoms with van der Waals surface area (Å²) in [6.45, 7) is 2.86. The van der Waals surface area contributed by atoms with Gasteiger partial charge in [0.05, 0.1) is 17.1 Å². The molecule has 1 fully saturated rings. The van der Waals surface area contributed by atoms with Gasteiger partial charge >= 0.3 is 6.18 Å². The lowest BCUT2D eigenvalue weighted by molar-refractivity contribution is -0.137. The molecule has 0 bridgehead atoms. The Balaban J connectivity index is 1.90. The molecule has 0 spiro atoms. The number of hydrogen-bond acceptors (Lipinski definition) is 4. The van der Waals surface area contributed by atoms with E-state index in [1.54, 1.807) is 0 Å². The molecule has 0 radical (unpaired) electrons. The molecule has 0 aliphatic carbocycles. The smallest absolute Gasteiger partial charge is 0.326 e. The molecule has 1 aromatic carbocycles. The first-order valence-corrected chi connectivity index (χ1v) is 9.84. The maximum absolute atomic E-state index is 12.7. The van der Waals surface area contributed by atoms with Crippen LogP contribution in [0.25, 0.3) is 0 Å². The second-order valence-electron chi connectivity index (χ2n) is 6.06. The third-order valence-electron chi connectivity index (χ3n) is 4.23. The Bertz CT molecular complexity index is 720. The number of amides is 1. The summed E-state index contributed by atoms with van der Waals surface area (Å²) in [5, 5.41) is 2.46. The van der Waals surface area contributed by atoms with Gasteiger partial charge in [0.1, 0.15) is 0 Å². The monoisotopic (exact) mass is 378 g/mol. The van der Waals surface area contributed by atoms with Gasteiger partial charge in [-0.2, -0.15) is 13.2 Å². The summed E-state index contributed by atoms with van der Waals surface area (Å²) >= 11 is 0. The van der Waals surface area contributed by atoms with E-state index in [-0.39, 0.29) is 29.7 Å². The summed E-state index contributed by atoms with van der Waals surface area (Å²) in [5.74, 6) is -0.153. The minimum atomic E-state index is -4.46. The summed E-state index contributed by atoms with van der Waals surface area (Å²) < 4.78 is 61.1. The fraction of sp³-hybridized carbons (Fsp3) is 0.562. The third kappa shape index (κ3) is 5.71. The molecule has 0 aromatic heterocycles. The summed E-state index contributed by atoms with van der Waals surface area (Å²) in [4.78, 5) is 13.9. The van der Waals surface area contributed by atoms with E-state index >= 15 is 0 Å². The molecule has 1 amide bonds. The van der Waals surface area contributed by atoms with Gasteiger partial charge in [-0.1, -0.05) is 13.0 Å². The Morgan fingerprint density at radius 1 is 1.36 bits per heavy atom. The lowest BCUT2D eigenvalue weighted by atomic mass is 10.2. The van der Waals surface area contributed by atoms with Crippen LogP contribution >= 0.6 is 0 Å². The average molecular weight is 378 g/mol. The third-order valence-corrected chi connectivity index (χ3v) is 5.98. The molecular weight excluding hydrogens is 357 g/mol. The Kier molecular flexibility index (Phi) is 6.10. The molecule has 140 valence electrons. The molecular formula is C16H21F3N2O3S. The van der Waals surface area contributed by atoms with Crippen molar-refractivity contribution in [3.63, 3.8) is 0 Å². The average Bonchev–Trinajstić information content (AvgIpc) is 2.87. The molecule has 9 heteroatoms. The number of halogens is 3. The second kappa shape index (κ2) is 7.74. The zero-order chi connectivity index (χ0) is 18.7. The lowest BCUT2D eigenvalue weighted by Crippen LogP contribution is -2.38. The number of nitrogens with zero attached hydrogens (tertiary/aromatic N) is 1. The quantitative estimate of drug-likeness (QED) is 0.826. The van der Waals surface area contributed by atoms with E-state index in [1.807, 2.05) is 11.8 Å². The largest absolute Gasteiger partial charge is 0.416 e. The predicted molar refractivity (Wildman–Crippen MR) is 89.0 cm³/mol. The molecule has 2 rings (SSSR count). The molecule has 1 saturated heterocycles. The van der Waals surface area contributed by atoms with Crippen molar-refractivity contribution in [1.29, 1.82) is 0 Å². The van der Waals surface area contributed by atoms with Crippen molar-refractivity contribution in [3.05, 3.63) is 29.8 Å². The number of nitrogens with one attached hydrogen (secondary N) is 1. The van der Waals surface area contributed by atoms with Crippen LogP contribution < -0.4 is 5.32 Å². The van der Waals surface area contributed by atoms with E-state index < -0.39 is 27.5 Å². The zero-order valence-corrected chi connectivity index (χ0v) is 14.7. The Hall–Kier alpha value is -1.61. The van der Waals surface area contributed by atoms with Crippen LogP contribution in [0.3, 0.4) is 0 Å². The molecule has 1 heterocycles. The van der Waals surface area contributed by atoms with E-state index in [1.165, 1.54) is 12.1 Å². The van der Waals surface area contributed by atoms with Crippen LogP contribution in [-0.2, 0) is 20.8 Å². The van der Waals surface area contributed by atoms with Crippen LogP contribution in [0.4, 0.5) is 18.9 Å². The number of carbonyl (C=O) groups is 1. The molecule has 1 aromatic rings. The number of hydrogen-bond donors (Lipinski definition) is 1. The van der Waals surface area contributed by atoms with Crippen molar-refractivity contribution in [2.75, 3.05) is 29.9 Å². The summed E-state index contributed by atoms with van der Waals surface area (Å²) in [7, 11) is -3.01. The van der Waals surface area contributed by atoms with Gasteiger partial charge in [0, 0.05) is 24.7 Å². The second-order valence-corrected chi connectivity index (χ2v) is 8.29. The van der Waals surface area contributed by atoms with E-state index in [0.29, 0.717) is 19.5 Å². The number of sulfone groups is 1. The predicted octanol–water partition coefficient (Wildman–Crippen LogP) is 2.54. The first-order chi connectivity index (χ1) is 11.6. The SMILES string of the molecule is CCN(CCC(=O)Nc1cccc(C(F)(F)F)c1)C1CCS(=O)(=O)C1. The first-order valence-electron chi connectivity index (χ1n) is 8.02. The maximum Gasteiger partial charge on any atom is 0.416 e. The number of rotatable bonds is 6.